The summed E-state index contributed by atoms with van der Waals surface area (Å²) in [7, 11) is -3.19. The predicted octanol–water partition coefficient (Wildman–Crippen LogP) is 1.70. The van der Waals surface area contributed by atoms with Crippen LogP contribution in [0.15, 0.2) is 0 Å². The van der Waals surface area contributed by atoms with Crippen LogP contribution in [0.25, 0.3) is 0 Å². The Hall–Kier alpha value is -0.580. The monoisotopic (exact) mass is 248 g/mol. The Kier molecular flexibility index (Phi) is 4.77. The lowest BCUT2D eigenvalue weighted by Gasteiger charge is -2.27. The van der Waals surface area contributed by atoms with Crippen LogP contribution in [0.2, 0.25) is 0 Å². The summed E-state index contributed by atoms with van der Waals surface area (Å²) >= 11 is 0. The molecule has 16 heavy (non-hydrogen) atoms. The summed E-state index contributed by atoms with van der Waals surface area (Å²) in [5.41, 5.74) is 0. The maximum Gasteiger partial charge on any atom is 0.307 e. The molecule has 1 N–H and O–H groups in total. The fourth-order valence-electron chi connectivity index (χ4n) is 2.34. The fraction of sp³-hybridized carbons (Fsp3) is 0.909. The molecular formula is C11H20O4S. The minimum absolute atomic E-state index is 0.0313. The molecule has 4 nitrogen and oxygen atoms in total. The van der Waals surface area contributed by atoms with Crippen LogP contribution in [0.5, 0.6) is 0 Å². The summed E-state index contributed by atoms with van der Waals surface area (Å²) in [5, 5.41) is 9.12. The number of sulfone groups is 1. The van der Waals surface area contributed by atoms with Crippen molar-refractivity contribution in [1.82, 2.24) is 0 Å². The van der Waals surface area contributed by atoms with Crippen molar-refractivity contribution in [2.24, 2.45) is 11.8 Å². The molecular weight excluding hydrogens is 228 g/mol. The van der Waals surface area contributed by atoms with Crippen LogP contribution >= 0.6 is 0 Å². The summed E-state index contributed by atoms with van der Waals surface area (Å²) in [6.07, 6.45) is 4.91. The molecule has 94 valence electrons. The third-order valence-electron chi connectivity index (χ3n) is 3.41. The number of hydrogen-bond donors (Lipinski definition) is 1. The van der Waals surface area contributed by atoms with Crippen LogP contribution < -0.4 is 0 Å². The molecule has 1 saturated carbocycles. The Morgan fingerprint density at radius 2 is 1.88 bits per heavy atom. The van der Waals surface area contributed by atoms with E-state index in [9.17, 15) is 13.2 Å². The third-order valence-corrected chi connectivity index (χ3v) is 5.16. The first kappa shape index (κ1) is 13.5. The number of hydrogen-bond acceptors (Lipinski definition) is 3. The molecule has 1 atom stereocenters. The van der Waals surface area contributed by atoms with Gasteiger partial charge in [0, 0.05) is 5.75 Å². The second-order valence-corrected chi connectivity index (χ2v) is 6.94. The molecule has 1 fully saturated rings. The van der Waals surface area contributed by atoms with Gasteiger partial charge in [-0.15, -0.1) is 0 Å². The quantitative estimate of drug-likeness (QED) is 0.804. The van der Waals surface area contributed by atoms with Gasteiger partial charge in [0.15, 0.2) is 9.84 Å². The van der Waals surface area contributed by atoms with Crippen LogP contribution in [-0.2, 0) is 14.6 Å². The molecule has 0 aromatic rings. The molecule has 0 radical (unpaired) electrons. The molecule has 1 aliphatic rings. The molecule has 0 unspecified atom stereocenters. The molecule has 0 aliphatic heterocycles. The molecule has 0 spiro atoms. The van der Waals surface area contributed by atoms with Gasteiger partial charge in [-0.1, -0.05) is 26.2 Å². The van der Waals surface area contributed by atoms with Crippen molar-refractivity contribution < 1.29 is 18.3 Å². The van der Waals surface area contributed by atoms with E-state index >= 15 is 0 Å². The van der Waals surface area contributed by atoms with Crippen molar-refractivity contribution in [1.29, 1.82) is 0 Å². The highest BCUT2D eigenvalue weighted by atomic mass is 32.2. The van der Waals surface area contributed by atoms with Crippen LogP contribution in [0.3, 0.4) is 0 Å². The molecule has 0 saturated heterocycles. The highest BCUT2D eigenvalue weighted by Gasteiger charge is 2.32. The maximum atomic E-state index is 11.5. The summed E-state index contributed by atoms with van der Waals surface area (Å²) in [6, 6.07) is 0. The Morgan fingerprint density at radius 1 is 1.31 bits per heavy atom. The highest BCUT2D eigenvalue weighted by Crippen LogP contribution is 2.31. The zero-order valence-corrected chi connectivity index (χ0v) is 10.5. The molecule has 0 heterocycles. The number of aliphatic carboxylic acids is 1. The van der Waals surface area contributed by atoms with E-state index in [-0.39, 0.29) is 17.4 Å². The maximum absolute atomic E-state index is 11.5. The van der Waals surface area contributed by atoms with Gasteiger partial charge in [0.05, 0.1) is 11.7 Å². The molecule has 0 aromatic carbocycles. The lowest BCUT2D eigenvalue weighted by atomic mass is 9.81. The number of carboxylic acids is 1. The van der Waals surface area contributed by atoms with E-state index in [2.05, 4.69) is 0 Å². The van der Waals surface area contributed by atoms with Gasteiger partial charge in [0.1, 0.15) is 0 Å². The summed E-state index contributed by atoms with van der Waals surface area (Å²) in [4.78, 5) is 11.1. The van der Waals surface area contributed by atoms with E-state index in [0.29, 0.717) is 0 Å². The molecule has 0 amide bonds. The van der Waals surface area contributed by atoms with E-state index in [1.807, 2.05) is 0 Å². The Balaban J connectivity index is 2.70. The van der Waals surface area contributed by atoms with Gasteiger partial charge in [-0.3, -0.25) is 4.79 Å². The fourth-order valence-corrected chi connectivity index (χ4v) is 3.53. The lowest BCUT2D eigenvalue weighted by molar-refractivity contribution is -0.143. The predicted molar refractivity (Wildman–Crippen MR) is 62.0 cm³/mol. The first-order valence-electron chi connectivity index (χ1n) is 5.89. The van der Waals surface area contributed by atoms with Crippen molar-refractivity contribution in [3.05, 3.63) is 0 Å². The van der Waals surface area contributed by atoms with Crippen LogP contribution in [-0.4, -0.2) is 31.0 Å². The molecule has 0 bridgehead atoms. The van der Waals surface area contributed by atoms with Gasteiger partial charge in [0.2, 0.25) is 0 Å². The molecule has 1 rings (SSSR count). The second-order valence-electron chi connectivity index (χ2n) is 4.54. The first-order chi connectivity index (χ1) is 7.46. The van der Waals surface area contributed by atoms with Crippen molar-refractivity contribution in [3.8, 4) is 0 Å². The highest BCUT2D eigenvalue weighted by molar-refractivity contribution is 7.91. The van der Waals surface area contributed by atoms with E-state index < -0.39 is 21.7 Å². The van der Waals surface area contributed by atoms with Crippen LogP contribution in [0.1, 0.15) is 39.0 Å². The van der Waals surface area contributed by atoms with Gasteiger partial charge in [-0.25, -0.2) is 8.42 Å². The van der Waals surface area contributed by atoms with Crippen molar-refractivity contribution in [2.75, 3.05) is 11.5 Å². The number of carboxylic acid groups (broad SMARTS) is 1. The Labute approximate surface area is 97.0 Å². The largest absolute Gasteiger partial charge is 0.481 e. The van der Waals surface area contributed by atoms with Gasteiger partial charge in [-0.2, -0.15) is 0 Å². The van der Waals surface area contributed by atoms with Gasteiger partial charge >= 0.3 is 5.97 Å². The Morgan fingerprint density at radius 3 is 2.31 bits per heavy atom. The topological polar surface area (TPSA) is 71.4 Å². The van der Waals surface area contributed by atoms with E-state index in [1.54, 1.807) is 6.92 Å². The second kappa shape index (κ2) is 5.66. The van der Waals surface area contributed by atoms with E-state index in [1.165, 1.54) is 0 Å². The Bertz CT molecular complexity index is 328. The van der Waals surface area contributed by atoms with Gasteiger partial charge < -0.3 is 5.11 Å². The summed E-state index contributed by atoms with van der Waals surface area (Å²) in [6.45, 7) is 1.56. The van der Waals surface area contributed by atoms with Crippen molar-refractivity contribution >= 4 is 15.8 Å². The lowest BCUT2D eigenvalue weighted by Crippen LogP contribution is -2.32. The van der Waals surface area contributed by atoms with Crippen LogP contribution in [0, 0.1) is 11.8 Å². The van der Waals surface area contributed by atoms with Gasteiger partial charge in [0.25, 0.3) is 0 Å². The summed E-state index contributed by atoms with van der Waals surface area (Å²) in [5.74, 6) is -1.77. The number of rotatable bonds is 5. The standard InChI is InChI=1S/C11H20O4S/c1-2-16(14,15)8-10(11(12)13)9-6-4-3-5-7-9/h9-10H,2-8H2,1H3,(H,12,13)/t10-/m1/s1. The molecule has 1 aliphatic carbocycles. The van der Waals surface area contributed by atoms with E-state index in [0.717, 1.165) is 32.1 Å². The zero-order chi connectivity index (χ0) is 12.2. The minimum Gasteiger partial charge on any atom is -0.481 e. The van der Waals surface area contributed by atoms with Gasteiger partial charge in [-0.05, 0) is 18.8 Å². The van der Waals surface area contributed by atoms with Crippen molar-refractivity contribution in [2.45, 2.75) is 39.0 Å². The summed E-state index contributed by atoms with van der Waals surface area (Å²) < 4.78 is 23.0. The number of carbonyl (C=O) groups is 1. The molecule has 0 aromatic heterocycles. The molecule has 5 heteroatoms. The van der Waals surface area contributed by atoms with Crippen LogP contribution in [0.4, 0.5) is 0 Å². The average molecular weight is 248 g/mol. The van der Waals surface area contributed by atoms with Crippen molar-refractivity contribution in [3.63, 3.8) is 0 Å². The average Bonchev–Trinajstić information content (AvgIpc) is 2.27. The smallest absolute Gasteiger partial charge is 0.307 e. The normalized spacial score (nSPS) is 20.6. The van der Waals surface area contributed by atoms with E-state index in [4.69, 9.17) is 5.11 Å². The minimum atomic E-state index is -3.19. The zero-order valence-electron chi connectivity index (χ0n) is 9.68. The first-order valence-corrected chi connectivity index (χ1v) is 7.71. The third kappa shape index (κ3) is 3.77. The SMILES string of the molecule is CCS(=O)(=O)C[C@@H](C(=O)O)C1CCCCC1.